The van der Waals surface area contributed by atoms with Gasteiger partial charge < -0.3 is 0 Å². The topological polar surface area (TPSA) is 30.2 Å². The highest BCUT2D eigenvalue weighted by atomic mass is 32.4. The number of hydrogen-bond donors (Lipinski definition) is 0. The van der Waals surface area contributed by atoms with Gasteiger partial charge in [-0.25, -0.2) is 4.98 Å². The van der Waals surface area contributed by atoms with E-state index in [1.165, 1.54) is 64.6 Å². The van der Waals surface area contributed by atoms with Crippen LogP contribution in [0.25, 0.3) is 92.7 Å². The van der Waals surface area contributed by atoms with Gasteiger partial charge in [-0.05, 0) is 113 Å². The molecule has 0 saturated heterocycles. The van der Waals surface area contributed by atoms with Crippen LogP contribution in [0.4, 0.5) is 0 Å². The van der Waals surface area contributed by atoms with E-state index in [1.54, 1.807) is 0 Å². The van der Waals surface area contributed by atoms with Crippen molar-refractivity contribution in [2.24, 2.45) is 0 Å². The summed E-state index contributed by atoms with van der Waals surface area (Å²) in [6.07, 6.45) is 1.86. The third-order valence-electron chi connectivity index (χ3n) is 11.8. The Bertz CT molecular complexity index is 3610. The molecule has 12 aromatic rings. The number of fused-ring (bicyclic) bond motifs is 13. The van der Waals surface area contributed by atoms with Crippen molar-refractivity contribution in [3.63, 3.8) is 0 Å². The minimum Gasteiger partial charge on any atom is -0.292 e. The molecule has 0 spiro atoms. The molecule has 0 aliphatic rings. The molecule has 9 aromatic carbocycles. The highest BCUT2D eigenvalue weighted by Crippen LogP contribution is 2.45. The van der Waals surface area contributed by atoms with Gasteiger partial charge in [0.2, 0.25) is 0 Å². The summed E-state index contributed by atoms with van der Waals surface area (Å²) in [5, 5.41) is 15.4. The second-order valence-electron chi connectivity index (χ2n) is 15.0. The third kappa shape index (κ3) is 4.95. The quantitative estimate of drug-likeness (QED) is 0.132. The maximum absolute atomic E-state index is 6.94. The first-order valence-electron chi connectivity index (χ1n) is 19.2. The molecular weight excluding hydrogens is 730 g/mol. The van der Waals surface area contributed by atoms with Crippen LogP contribution in [-0.2, 0) is 11.8 Å². The van der Waals surface area contributed by atoms with Gasteiger partial charge in [-0.2, -0.15) is 0 Å². The number of aromatic nitrogens is 3. The van der Waals surface area contributed by atoms with Crippen molar-refractivity contribution in [2.45, 2.75) is 0 Å². The fraction of sp³-hybridized carbons (Fsp3) is 0. The van der Waals surface area contributed by atoms with Gasteiger partial charge in [0.15, 0.2) is 0 Å². The number of rotatable bonds is 4. The lowest BCUT2D eigenvalue weighted by molar-refractivity contribution is 1.32. The number of pyridine rings is 2. The van der Waals surface area contributed by atoms with Crippen LogP contribution in [0.2, 0.25) is 0 Å². The maximum Gasteiger partial charge on any atom is 0.147 e. The van der Waals surface area contributed by atoms with Gasteiger partial charge in [0, 0.05) is 28.4 Å². The first kappa shape index (κ1) is 32.5. The number of imidazole rings is 1. The summed E-state index contributed by atoms with van der Waals surface area (Å²) in [6.45, 7) is 0. The molecule has 1 atom stereocenters. The minimum atomic E-state index is -2.48. The fourth-order valence-corrected chi connectivity index (χ4v) is 12.7. The molecule has 12 rings (SSSR count). The maximum atomic E-state index is 6.94. The smallest absolute Gasteiger partial charge is 0.147 e. The Morgan fingerprint density at radius 1 is 0.404 bits per heavy atom. The van der Waals surface area contributed by atoms with E-state index in [1.807, 2.05) is 12.3 Å². The molecule has 0 fully saturated rings. The molecule has 3 nitrogen and oxygen atoms in total. The SMILES string of the molecule is S=P(c1ccc2ccccc2c1)(c1ccc2cc(-c3ccc4c5ccc6ccccc6c5c5nc6ccccc6n5c4c3)ccc2c1)c1ccc2cccnc2c1. The van der Waals surface area contributed by atoms with Gasteiger partial charge in [0.25, 0.3) is 0 Å². The van der Waals surface area contributed by atoms with Crippen molar-refractivity contribution in [1.29, 1.82) is 0 Å². The Morgan fingerprint density at radius 2 is 1.00 bits per heavy atom. The van der Waals surface area contributed by atoms with Crippen molar-refractivity contribution < 1.29 is 0 Å². The van der Waals surface area contributed by atoms with Gasteiger partial charge in [0.1, 0.15) is 5.65 Å². The minimum absolute atomic E-state index is 0.966. The van der Waals surface area contributed by atoms with Crippen molar-refractivity contribution >= 4 is 115 Å². The first-order valence-corrected chi connectivity index (χ1v) is 22.0. The highest BCUT2D eigenvalue weighted by Gasteiger charge is 2.26. The molecule has 0 N–H and O–H groups in total. The van der Waals surface area contributed by atoms with Crippen LogP contribution < -0.4 is 15.9 Å². The third-order valence-corrected chi connectivity index (χ3v) is 16.7. The van der Waals surface area contributed by atoms with Crippen molar-refractivity contribution in [1.82, 2.24) is 14.4 Å². The standard InChI is InChI=1S/C52H32N3PS/c57-56(41-22-17-33-8-1-2-10-36(33)29-41,43-23-18-35-11-7-27-53-48(35)32-43)42-24-19-38-28-37(15-16-39(38)30-42)40-21-25-45-46-26-20-34-9-3-4-12-44(34)51(46)52-54-47-13-5-6-14-49(47)55(52)50(45)31-40/h1-32H. The molecule has 0 radical (unpaired) electrons. The van der Waals surface area contributed by atoms with Gasteiger partial charge in [-0.3, -0.25) is 9.38 Å². The van der Waals surface area contributed by atoms with Crippen molar-refractivity contribution in [2.75, 3.05) is 0 Å². The zero-order valence-electron chi connectivity index (χ0n) is 30.7. The van der Waals surface area contributed by atoms with Gasteiger partial charge in [-0.1, -0.05) is 151 Å². The van der Waals surface area contributed by atoms with E-state index in [0.29, 0.717) is 0 Å². The summed E-state index contributed by atoms with van der Waals surface area (Å²) in [5.74, 6) is 0. The van der Waals surface area contributed by atoms with Crippen LogP contribution in [0, 0.1) is 0 Å². The van der Waals surface area contributed by atoms with E-state index >= 15 is 0 Å². The summed E-state index contributed by atoms with van der Waals surface area (Å²) in [7, 11) is 0. The molecule has 5 heteroatoms. The molecule has 266 valence electrons. The Morgan fingerprint density at radius 3 is 1.88 bits per heavy atom. The molecule has 3 aromatic heterocycles. The van der Waals surface area contributed by atoms with Gasteiger partial charge in [-0.15, -0.1) is 0 Å². The molecule has 0 aliphatic heterocycles. The number of benzene rings is 9. The first-order chi connectivity index (χ1) is 28.1. The summed E-state index contributed by atoms with van der Waals surface area (Å²) in [4.78, 5) is 9.96. The lowest BCUT2D eigenvalue weighted by Gasteiger charge is -2.25. The Hall–Kier alpha value is -6.71. The summed E-state index contributed by atoms with van der Waals surface area (Å²) in [5.41, 5.74) is 7.54. The largest absolute Gasteiger partial charge is 0.292 e. The van der Waals surface area contributed by atoms with Crippen LogP contribution >= 0.6 is 6.04 Å². The Balaban J connectivity index is 1.03. The average molecular weight is 762 g/mol. The lowest BCUT2D eigenvalue weighted by atomic mass is 9.96. The van der Waals surface area contributed by atoms with Gasteiger partial charge in [0.05, 0.1) is 22.1 Å². The van der Waals surface area contributed by atoms with E-state index in [0.717, 1.165) is 44.0 Å². The molecule has 0 bridgehead atoms. The van der Waals surface area contributed by atoms with Crippen LogP contribution in [0.15, 0.2) is 194 Å². The lowest BCUT2D eigenvalue weighted by Crippen LogP contribution is -2.25. The molecule has 0 saturated carbocycles. The zero-order valence-corrected chi connectivity index (χ0v) is 32.4. The normalized spacial score (nSPS) is 13.1. The van der Waals surface area contributed by atoms with Crippen LogP contribution in [-0.4, -0.2) is 14.4 Å². The predicted octanol–water partition coefficient (Wildman–Crippen LogP) is 12.2. The summed E-state index contributed by atoms with van der Waals surface area (Å²) in [6, 6.07) is 65.7. The van der Waals surface area contributed by atoms with E-state index in [9.17, 15) is 0 Å². The second kappa shape index (κ2) is 12.4. The number of para-hydroxylation sites is 2. The molecule has 0 aliphatic carbocycles. The molecule has 57 heavy (non-hydrogen) atoms. The zero-order chi connectivity index (χ0) is 37.7. The van der Waals surface area contributed by atoms with E-state index < -0.39 is 6.04 Å². The van der Waals surface area contributed by atoms with Gasteiger partial charge >= 0.3 is 0 Å². The van der Waals surface area contributed by atoms with E-state index in [4.69, 9.17) is 21.8 Å². The van der Waals surface area contributed by atoms with Crippen LogP contribution in [0.3, 0.4) is 0 Å². The van der Waals surface area contributed by atoms with Crippen LogP contribution in [0.5, 0.6) is 0 Å². The second-order valence-corrected chi connectivity index (χ2v) is 19.4. The highest BCUT2D eigenvalue weighted by molar-refractivity contribution is 8.25. The Kier molecular flexibility index (Phi) is 7.07. The predicted molar refractivity (Wildman–Crippen MR) is 247 cm³/mol. The summed E-state index contributed by atoms with van der Waals surface area (Å²) < 4.78 is 2.36. The number of nitrogens with zero attached hydrogens (tertiary/aromatic N) is 3. The van der Waals surface area contributed by atoms with E-state index in [-0.39, 0.29) is 0 Å². The van der Waals surface area contributed by atoms with E-state index in [2.05, 4.69) is 186 Å². The molecule has 3 heterocycles. The average Bonchev–Trinajstić information content (AvgIpc) is 3.67. The van der Waals surface area contributed by atoms with Crippen LogP contribution in [0.1, 0.15) is 0 Å². The summed E-state index contributed by atoms with van der Waals surface area (Å²) >= 11 is 6.94. The number of hydrogen-bond acceptors (Lipinski definition) is 3. The molecular formula is C52H32N3PS. The molecule has 0 amide bonds. The van der Waals surface area contributed by atoms with Crippen molar-refractivity contribution in [3.8, 4) is 11.1 Å². The monoisotopic (exact) mass is 761 g/mol. The fourth-order valence-electron chi connectivity index (χ4n) is 8.98. The Labute approximate surface area is 333 Å². The molecule has 1 unspecified atom stereocenters. The van der Waals surface area contributed by atoms with Crippen molar-refractivity contribution in [3.05, 3.63) is 194 Å².